The van der Waals surface area contributed by atoms with Gasteiger partial charge in [0.15, 0.2) is 0 Å². The van der Waals surface area contributed by atoms with Crippen molar-refractivity contribution in [3.05, 3.63) is 71.2 Å². The number of nitrogens with zero attached hydrogens (tertiary/aromatic N) is 7. The summed E-state index contributed by atoms with van der Waals surface area (Å²) in [6.45, 7) is 6.63. The Morgan fingerprint density at radius 1 is 0.821 bits per heavy atom. The fourth-order valence-electron chi connectivity index (χ4n) is 5.63. The fraction of sp³-hybridized carbons (Fsp3) is 0.400. The predicted molar refractivity (Wildman–Crippen MR) is 155 cm³/mol. The van der Waals surface area contributed by atoms with Crippen molar-refractivity contribution in [3.8, 4) is 0 Å². The topological polar surface area (TPSA) is 74.5 Å². The average Bonchev–Trinajstić information content (AvgIpc) is 3.25. The van der Waals surface area contributed by atoms with Gasteiger partial charge in [-0.15, -0.1) is 0 Å². The molecule has 2 aliphatic heterocycles. The standard InChI is InChI=1S/C30H35FN8/c1-22-26(25-10-4-5-11-27(25)39(22)21-23-12-14-24(31)15-13-23)20-32-36-28-33-29(37-16-6-2-7-17-37)35-30(34-28)38-18-8-3-9-19-38/h4-5,10-15,20H,2-3,6-9,16-19,21H2,1H3,(H,33,34,35,36)/b32-20-. The van der Waals surface area contributed by atoms with Gasteiger partial charge in [0.05, 0.1) is 6.21 Å². The second kappa shape index (κ2) is 11.4. The van der Waals surface area contributed by atoms with Crippen LogP contribution in [0.15, 0.2) is 53.6 Å². The number of aromatic nitrogens is 4. The molecule has 2 aromatic carbocycles. The van der Waals surface area contributed by atoms with E-state index in [9.17, 15) is 4.39 Å². The van der Waals surface area contributed by atoms with Crippen LogP contribution < -0.4 is 15.2 Å². The third-order valence-corrected chi connectivity index (χ3v) is 7.78. The van der Waals surface area contributed by atoms with Gasteiger partial charge in [0, 0.05) is 54.9 Å². The first-order chi connectivity index (χ1) is 19.2. The van der Waals surface area contributed by atoms with E-state index in [1.165, 1.54) is 25.0 Å². The third kappa shape index (κ3) is 5.57. The van der Waals surface area contributed by atoms with E-state index in [2.05, 4.69) is 44.0 Å². The maximum absolute atomic E-state index is 13.5. The zero-order chi connectivity index (χ0) is 26.6. The number of para-hydroxylation sites is 1. The van der Waals surface area contributed by atoms with E-state index in [4.69, 9.17) is 15.0 Å². The van der Waals surface area contributed by atoms with Gasteiger partial charge in [-0.05, 0) is 69.2 Å². The van der Waals surface area contributed by atoms with Gasteiger partial charge in [-0.3, -0.25) is 0 Å². The van der Waals surface area contributed by atoms with Crippen LogP contribution in [0.1, 0.15) is 55.3 Å². The molecule has 0 spiro atoms. The number of rotatable bonds is 7. The van der Waals surface area contributed by atoms with E-state index in [1.54, 1.807) is 0 Å². The molecule has 2 aliphatic rings. The highest BCUT2D eigenvalue weighted by Crippen LogP contribution is 2.26. The highest BCUT2D eigenvalue weighted by molar-refractivity contribution is 6.01. The first-order valence-electron chi connectivity index (χ1n) is 14.0. The van der Waals surface area contributed by atoms with E-state index >= 15 is 0 Å². The lowest BCUT2D eigenvalue weighted by Crippen LogP contribution is -2.34. The predicted octanol–water partition coefficient (Wildman–Crippen LogP) is 5.75. The fourth-order valence-corrected chi connectivity index (χ4v) is 5.63. The molecular weight excluding hydrogens is 491 g/mol. The lowest BCUT2D eigenvalue weighted by molar-refractivity contribution is 0.556. The molecule has 1 N–H and O–H groups in total. The molecule has 39 heavy (non-hydrogen) atoms. The highest BCUT2D eigenvalue weighted by Gasteiger charge is 2.20. The maximum atomic E-state index is 13.5. The molecule has 0 bridgehead atoms. The van der Waals surface area contributed by atoms with Gasteiger partial charge in [-0.1, -0.05) is 30.3 Å². The minimum atomic E-state index is -0.225. The van der Waals surface area contributed by atoms with Crippen molar-refractivity contribution in [3.63, 3.8) is 0 Å². The second-order valence-corrected chi connectivity index (χ2v) is 10.5. The first-order valence-corrected chi connectivity index (χ1v) is 14.0. The average molecular weight is 527 g/mol. The maximum Gasteiger partial charge on any atom is 0.250 e. The molecule has 4 aromatic rings. The van der Waals surface area contributed by atoms with Crippen LogP contribution in [0.5, 0.6) is 0 Å². The van der Waals surface area contributed by atoms with E-state index in [-0.39, 0.29) is 5.82 Å². The Balaban J connectivity index is 1.29. The largest absolute Gasteiger partial charge is 0.341 e. The minimum Gasteiger partial charge on any atom is -0.341 e. The van der Waals surface area contributed by atoms with Gasteiger partial charge in [-0.25, -0.2) is 9.82 Å². The van der Waals surface area contributed by atoms with Crippen LogP contribution >= 0.6 is 0 Å². The molecule has 2 aromatic heterocycles. The number of nitrogens with one attached hydrogen (secondary N) is 1. The monoisotopic (exact) mass is 526 g/mol. The zero-order valence-corrected chi connectivity index (χ0v) is 22.5. The number of halogens is 1. The molecule has 0 amide bonds. The Kier molecular flexibility index (Phi) is 7.38. The summed E-state index contributed by atoms with van der Waals surface area (Å²) in [4.78, 5) is 18.9. The highest BCUT2D eigenvalue weighted by atomic mass is 19.1. The van der Waals surface area contributed by atoms with E-state index in [0.29, 0.717) is 12.5 Å². The van der Waals surface area contributed by atoms with Crippen LogP contribution in [0.25, 0.3) is 10.9 Å². The summed E-state index contributed by atoms with van der Waals surface area (Å²) in [5.41, 5.74) is 7.39. The number of benzene rings is 2. The quantitative estimate of drug-likeness (QED) is 0.244. The van der Waals surface area contributed by atoms with Crippen LogP contribution in [0.2, 0.25) is 0 Å². The van der Waals surface area contributed by atoms with Crippen molar-refractivity contribution in [1.29, 1.82) is 0 Å². The number of anilines is 3. The zero-order valence-electron chi connectivity index (χ0n) is 22.5. The lowest BCUT2D eigenvalue weighted by atomic mass is 10.1. The summed E-state index contributed by atoms with van der Waals surface area (Å²) in [5.74, 6) is 1.71. The Bertz CT molecular complexity index is 1410. The number of piperidine rings is 2. The number of hydrazone groups is 1. The Morgan fingerprint density at radius 2 is 1.44 bits per heavy atom. The van der Waals surface area contributed by atoms with Gasteiger partial charge < -0.3 is 14.4 Å². The van der Waals surface area contributed by atoms with Crippen molar-refractivity contribution < 1.29 is 4.39 Å². The molecule has 2 saturated heterocycles. The Hall–Kier alpha value is -4.01. The molecular formula is C30H35FN8. The van der Waals surface area contributed by atoms with Crippen LogP contribution in [0, 0.1) is 12.7 Å². The van der Waals surface area contributed by atoms with E-state index < -0.39 is 0 Å². The minimum absolute atomic E-state index is 0.225. The van der Waals surface area contributed by atoms with Crippen LogP contribution in [0.3, 0.4) is 0 Å². The summed E-state index contributed by atoms with van der Waals surface area (Å²) in [5, 5.41) is 5.71. The first kappa shape index (κ1) is 25.3. The molecule has 0 unspecified atom stereocenters. The van der Waals surface area contributed by atoms with Gasteiger partial charge in [-0.2, -0.15) is 20.1 Å². The van der Waals surface area contributed by atoms with Crippen LogP contribution in [0.4, 0.5) is 22.2 Å². The van der Waals surface area contributed by atoms with Crippen LogP contribution in [-0.4, -0.2) is 51.9 Å². The number of hydrogen-bond acceptors (Lipinski definition) is 7. The lowest BCUT2D eigenvalue weighted by Gasteiger charge is -2.30. The summed E-state index contributed by atoms with van der Waals surface area (Å²) in [6.07, 6.45) is 9.00. The van der Waals surface area contributed by atoms with Crippen LogP contribution in [-0.2, 0) is 6.54 Å². The molecule has 9 heteroatoms. The molecule has 8 nitrogen and oxygen atoms in total. The van der Waals surface area contributed by atoms with Crippen molar-refractivity contribution in [1.82, 2.24) is 19.5 Å². The third-order valence-electron chi connectivity index (χ3n) is 7.78. The van der Waals surface area contributed by atoms with Crippen molar-refractivity contribution >= 4 is 35.0 Å². The molecule has 0 radical (unpaired) electrons. The van der Waals surface area contributed by atoms with E-state index in [0.717, 1.165) is 91.5 Å². The molecule has 0 saturated carbocycles. The summed E-state index contributed by atoms with van der Waals surface area (Å²) < 4.78 is 15.7. The van der Waals surface area contributed by atoms with Crippen molar-refractivity contribution in [2.24, 2.45) is 5.10 Å². The summed E-state index contributed by atoms with van der Waals surface area (Å²) >= 11 is 0. The smallest absolute Gasteiger partial charge is 0.250 e. The molecule has 0 atom stereocenters. The number of hydrogen-bond donors (Lipinski definition) is 1. The summed E-state index contributed by atoms with van der Waals surface area (Å²) in [6, 6.07) is 15.0. The number of fused-ring (bicyclic) bond motifs is 1. The molecule has 202 valence electrons. The Labute approximate surface area is 228 Å². The van der Waals surface area contributed by atoms with Crippen molar-refractivity contribution in [2.75, 3.05) is 41.4 Å². The van der Waals surface area contributed by atoms with Gasteiger partial charge >= 0.3 is 0 Å². The van der Waals surface area contributed by atoms with Gasteiger partial charge in [0.2, 0.25) is 17.8 Å². The SMILES string of the molecule is Cc1c(/C=N\Nc2nc(N3CCCCC3)nc(N3CCCCC3)n2)c2ccccc2n1Cc1ccc(F)cc1. The van der Waals surface area contributed by atoms with Gasteiger partial charge in [0.1, 0.15) is 5.82 Å². The molecule has 6 rings (SSSR count). The van der Waals surface area contributed by atoms with E-state index in [1.807, 2.05) is 30.5 Å². The molecule has 2 fully saturated rings. The molecule has 0 aliphatic carbocycles. The normalized spacial score (nSPS) is 16.4. The van der Waals surface area contributed by atoms with Gasteiger partial charge in [0.25, 0.3) is 0 Å². The molecule has 4 heterocycles. The Morgan fingerprint density at radius 3 is 2.08 bits per heavy atom. The summed E-state index contributed by atoms with van der Waals surface area (Å²) in [7, 11) is 0. The van der Waals surface area contributed by atoms with Crippen molar-refractivity contribution in [2.45, 2.75) is 52.0 Å². The second-order valence-electron chi connectivity index (χ2n) is 10.5.